The van der Waals surface area contributed by atoms with Crippen molar-refractivity contribution in [2.75, 3.05) is 24.6 Å². The maximum Gasteiger partial charge on any atom is 0.264 e. The fraction of sp³-hybridized carbons (Fsp3) is 0.222. The Balaban J connectivity index is 2.20. The van der Waals surface area contributed by atoms with E-state index < -0.39 is 10.0 Å². The summed E-state index contributed by atoms with van der Waals surface area (Å²) in [5, 5.41) is 0. The lowest BCUT2D eigenvalue weighted by molar-refractivity contribution is 0.340. The molecule has 2 aromatic rings. The number of rotatable bonds is 7. The highest BCUT2D eigenvalue weighted by Gasteiger charge is 2.21. The lowest BCUT2D eigenvalue weighted by Crippen LogP contribution is -2.26. The number of nitrogens with zero attached hydrogens (tertiary/aromatic N) is 1. The van der Waals surface area contributed by atoms with Crippen LogP contribution in [-0.4, -0.2) is 28.7 Å². The highest BCUT2D eigenvalue weighted by atomic mass is 32.2. The quantitative estimate of drug-likeness (QED) is 0.724. The Kier molecular flexibility index (Phi) is 5.72. The number of ether oxygens (including phenoxy) is 2. The van der Waals surface area contributed by atoms with Gasteiger partial charge in [-0.05, 0) is 55.5 Å². The van der Waals surface area contributed by atoms with Gasteiger partial charge in [-0.25, -0.2) is 8.42 Å². The van der Waals surface area contributed by atoms with Crippen LogP contribution in [0.5, 0.6) is 11.5 Å². The van der Waals surface area contributed by atoms with E-state index in [2.05, 4.69) is 5.92 Å². The first-order valence-electron chi connectivity index (χ1n) is 7.37. The van der Waals surface area contributed by atoms with Gasteiger partial charge < -0.3 is 9.47 Å². The zero-order valence-electron chi connectivity index (χ0n) is 13.6. The lowest BCUT2D eigenvalue weighted by Gasteiger charge is -2.20. The Bertz CT molecular complexity index is 806. The van der Waals surface area contributed by atoms with Crippen molar-refractivity contribution in [3.05, 3.63) is 48.5 Å². The van der Waals surface area contributed by atoms with Crippen molar-refractivity contribution < 1.29 is 17.9 Å². The predicted molar refractivity (Wildman–Crippen MR) is 94.0 cm³/mol. The van der Waals surface area contributed by atoms with E-state index in [1.165, 1.54) is 23.5 Å². The monoisotopic (exact) mass is 345 g/mol. The number of hydrogen-bond donors (Lipinski definition) is 0. The number of sulfonamides is 1. The van der Waals surface area contributed by atoms with Gasteiger partial charge in [-0.2, -0.15) is 0 Å². The topological polar surface area (TPSA) is 55.8 Å². The van der Waals surface area contributed by atoms with Crippen molar-refractivity contribution in [2.24, 2.45) is 0 Å². The second-order valence-electron chi connectivity index (χ2n) is 4.86. The minimum absolute atomic E-state index is 0.166. The van der Waals surface area contributed by atoms with Crippen molar-refractivity contribution >= 4 is 15.7 Å². The van der Waals surface area contributed by atoms with Crippen LogP contribution < -0.4 is 13.8 Å². The summed E-state index contributed by atoms with van der Waals surface area (Å²) in [6, 6.07) is 13.0. The standard InChI is InChI=1S/C18H19NO4S/c1-4-14-23-17-8-6-15(7-9-17)19(3)24(20,21)18-12-10-16(11-13-18)22-5-2/h1,6-13H,5,14H2,2-3H3. The van der Waals surface area contributed by atoms with Crippen LogP contribution in [0.2, 0.25) is 0 Å². The minimum atomic E-state index is -3.65. The van der Waals surface area contributed by atoms with Gasteiger partial charge in [0.2, 0.25) is 0 Å². The first-order chi connectivity index (χ1) is 11.5. The van der Waals surface area contributed by atoms with Gasteiger partial charge in [-0.3, -0.25) is 4.31 Å². The van der Waals surface area contributed by atoms with Crippen LogP contribution in [-0.2, 0) is 10.0 Å². The van der Waals surface area contributed by atoms with Crippen LogP contribution in [0.4, 0.5) is 5.69 Å². The molecular formula is C18H19NO4S. The van der Waals surface area contributed by atoms with E-state index in [9.17, 15) is 8.42 Å². The van der Waals surface area contributed by atoms with Crippen LogP contribution >= 0.6 is 0 Å². The van der Waals surface area contributed by atoms with Gasteiger partial charge in [0.15, 0.2) is 0 Å². The molecule has 0 saturated heterocycles. The average Bonchev–Trinajstić information content (AvgIpc) is 2.60. The number of anilines is 1. The van der Waals surface area contributed by atoms with E-state index in [-0.39, 0.29) is 11.5 Å². The molecule has 0 saturated carbocycles. The largest absolute Gasteiger partial charge is 0.494 e. The van der Waals surface area contributed by atoms with Crippen LogP contribution in [0.3, 0.4) is 0 Å². The molecule has 24 heavy (non-hydrogen) atoms. The second-order valence-corrected chi connectivity index (χ2v) is 6.83. The average molecular weight is 345 g/mol. The van der Waals surface area contributed by atoms with Gasteiger partial charge in [-0.15, -0.1) is 6.42 Å². The van der Waals surface area contributed by atoms with Crippen molar-refractivity contribution in [2.45, 2.75) is 11.8 Å². The fourth-order valence-electron chi connectivity index (χ4n) is 2.05. The highest BCUT2D eigenvalue weighted by Crippen LogP contribution is 2.25. The Labute approximate surface area is 142 Å². The summed E-state index contributed by atoms with van der Waals surface area (Å²) in [4.78, 5) is 0.195. The summed E-state index contributed by atoms with van der Waals surface area (Å²) in [6.45, 7) is 2.56. The van der Waals surface area contributed by atoms with Crippen molar-refractivity contribution in [1.29, 1.82) is 0 Å². The van der Waals surface area contributed by atoms with E-state index >= 15 is 0 Å². The first-order valence-corrected chi connectivity index (χ1v) is 8.81. The van der Waals surface area contributed by atoms with Gasteiger partial charge in [0, 0.05) is 7.05 Å². The van der Waals surface area contributed by atoms with Crippen molar-refractivity contribution in [3.63, 3.8) is 0 Å². The van der Waals surface area contributed by atoms with E-state index in [0.29, 0.717) is 23.8 Å². The summed E-state index contributed by atoms with van der Waals surface area (Å²) < 4.78 is 37.2. The molecule has 0 aliphatic carbocycles. The molecule has 0 heterocycles. The Hall–Kier alpha value is -2.65. The fourth-order valence-corrected chi connectivity index (χ4v) is 3.24. The molecule has 2 rings (SSSR count). The summed E-state index contributed by atoms with van der Waals surface area (Å²) in [6.07, 6.45) is 5.13. The molecule has 0 radical (unpaired) electrons. The Morgan fingerprint density at radius 2 is 1.54 bits per heavy atom. The molecular weight excluding hydrogens is 326 g/mol. The van der Waals surface area contributed by atoms with Gasteiger partial charge in [0.05, 0.1) is 17.2 Å². The smallest absolute Gasteiger partial charge is 0.264 e. The number of benzene rings is 2. The highest BCUT2D eigenvalue weighted by molar-refractivity contribution is 7.92. The molecule has 0 atom stereocenters. The summed E-state index contributed by atoms with van der Waals surface area (Å²) >= 11 is 0. The van der Waals surface area contributed by atoms with Crippen molar-refractivity contribution in [1.82, 2.24) is 0 Å². The molecule has 6 heteroatoms. The van der Waals surface area contributed by atoms with Crippen molar-refractivity contribution in [3.8, 4) is 23.8 Å². The van der Waals surface area contributed by atoms with Gasteiger partial charge >= 0.3 is 0 Å². The molecule has 0 bridgehead atoms. The van der Waals surface area contributed by atoms with E-state index in [4.69, 9.17) is 15.9 Å². The van der Waals surface area contributed by atoms with E-state index in [0.717, 1.165) is 0 Å². The third-order valence-electron chi connectivity index (χ3n) is 3.32. The Morgan fingerprint density at radius 1 is 1.00 bits per heavy atom. The van der Waals surface area contributed by atoms with Crippen LogP contribution in [0.15, 0.2) is 53.4 Å². The third kappa shape index (κ3) is 4.00. The molecule has 126 valence electrons. The minimum Gasteiger partial charge on any atom is -0.494 e. The second kappa shape index (κ2) is 7.75. The molecule has 5 nitrogen and oxygen atoms in total. The SMILES string of the molecule is C#CCOc1ccc(N(C)S(=O)(=O)c2ccc(OCC)cc2)cc1. The van der Waals surface area contributed by atoms with Gasteiger partial charge in [0.1, 0.15) is 18.1 Å². The molecule has 0 aliphatic heterocycles. The van der Waals surface area contributed by atoms with Crippen LogP contribution in [0.25, 0.3) is 0 Å². The molecule has 0 spiro atoms. The Morgan fingerprint density at radius 3 is 2.08 bits per heavy atom. The van der Waals surface area contributed by atoms with E-state index in [1.807, 2.05) is 6.92 Å². The molecule has 0 unspecified atom stereocenters. The van der Waals surface area contributed by atoms with Crippen LogP contribution in [0.1, 0.15) is 6.92 Å². The normalized spacial score (nSPS) is 10.7. The summed E-state index contributed by atoms with van der Waals surface area (Å²) in [5.74, 6) is 3.59. The zero-order valence-corrected chi connectivity index (χ0v) is 14.4. The maximum atomic E-state index is 12.7. The van der Waals surface area contributed by atoms with Gasteiger partial charge in [0.25, 0.3) is 10.0 Å². The summed E-state index contributed by atoms with van der Waals surface area (Å²) in [5.41, 5.74) is 0.525. The number of hydrogen-bond acceptors (Lipinski definition) is 4. The molecule has 0 aliphatic rings. The zero-order chi connectivity index (χ0) is 17.6. The molecule has 0 aromatic heterocycles. The molecule has 0 fully saturated rings. The molecule has 0 amide bonds. The van der Waals surface area contributed by atoms with Gasteiger partial charge in [-0.1, -0.05) is 5.92 Å². The lowest BCUT2D eigenvalue weighted by atomic mass is 10.3. The number of terminal acetylenes is 1. The molecule has 2 aromatic carbocycles. The van der Waals surface area contributed by atoms with Crippen LogP contribution in [0, 0.1) is 12.3 Å². The van der Waals surface area contributed by atoms with E-state index in [1.54, 1.807) is 36.4 Å². The third-order valence-corrected chi connectivity index (χ3v) is 5.12. The predicted octanol–water partition coefficient (Wildman–Crippen LogP) is 2.92. The first kappa shape index (κ1) is 17.7. The molecule has 0 N–H and O–H groups in total. The summed E-state index contributed by atoms with van der Waals surface area (Å²) in [7, 11) is -2.15. The maximum absolute atomic E-state index is 12.7.